The van der Waals surface area contributed by atoms with Crippen LogP contribution < -0.4 is 10.6 Å². The molecule has 0 aliphatic rings. The second kappa shape index (κ2) is 11.0. The van der Waals surface area contributed by atoms with Crippen molar-refractivity contribution in [2.45, 2.75) is 50.7 Å². The molecule has 0 heterocycles. The lowest BCUT2D eigenvalue weighted by Crippen LogP contribution is -2.25. The quantitative estimate of drug-likeness (QED) is 0.382. The number of nitrogens with one attached hydrogen (secondary N) is 2. The van der Waals surface area contributed by atoms with E-state index >= 15 is 0 Å². The summed E-state index contributed by atoms with van der Waals surface area (Å²) < 4.78 is 0. The number of aryl methyl sites for hydroxylation is 3. The van der Waals surface area contributed by atoms with Crippen molar-refractivity contribution >= 4 is 35.0 Å². The van der Waals surface area contributed by atoms with Crippen LogP contribution in [0.1, 0.15) is 47.3 Å². The Morgan fingerprint density at radius 1 is 0.906 bits per heavy atom. The molecule has 0 saturated carbocycles. The van der Waals surface area contributed by atoms with E-state index in [1.54, 1.807) is 0 Å². The summed E-state index contributed by atoms with van der Waals surface area (Å²) in [7, 11) is 0. The number of carbonyl (C=O) groups is 2. The molecule has 3 aromatic carbocycles. The van der Waals surface area contributed by atoms with E-state index < -0.39 is 0 Å². The van der Waals surface area contributed by atoms with Crippen LogP contribution in [0.5, 0.6) is 0 Å². The molecule has 2 N–H and O–H groups in total. The molecule has 2 amide bonds. The zero-order valence-electron chi connectivity index (χ0n) is 19.1. The van der Waals surface area contributed by atoms with Crippen molar-refractivity contribution in [2.24, 2.45) is 0 Å². The lowest BCUT2D eigenvalue weighted by molar-refractivity contribution is -0.115. The Morgan fingerprint density at radius 2 is 1.62 bits per heavy atom. The number of hydrogen-bond donors (Lipinski definition) is 2. The first-order valence-electron chi connectivity index (χ1n) is 10.9. The molecule has 0 bridgehead atoms. The number of rotatable bonds is 8. The van der Waals surface area contributed by atoms with Gasteiger partial charge in [-0.2, -0.15) is 0 Å². The molecule has 0 aromatic heterocycles. The van der Waals surface area contributed by atoms with Gasteiger partial charge in [0.05, 0.1) is 5.25 Å². The zero-order valence-corrected chi connectivity index (χ0v) is 19.9. The summed E-state index contributed by atoms with van der Waals surface area (Å²) in [5.41, 5.74) is 5.56. The smallest absolute Gasteiger partial charge is 0.255 e. The number of benzene rings is 3. The lowest BCUT2D eigenvalue weighted by atomic mass is 10.1. The summed E-state index contributed by atoms with van der Waals surface area (Å²) in [5, 5.41) is 5.86. The lowest BCUT2D eigenvalue weighted by Gasteiger charge is -2.18. The van der Waals surface area contributed by atoms with Gasteiger partial charge in [-0.25, -0.2) is 0 Å². The summed E-state index contributed by atoms with van der Waals surface area (Å²) in [4.78, 5) is 26.5. The molecule has 0 spiro atoms. The number of hydrogen-bond acceptors (Lipinski definition) is 3. The molecule has 1 unspecified atom stereocenters. The van der Waals surface area contributed by atoms with E-state index in [4.69, 9.17) is 0 Å². The van der Waals surface area contributed by atoms with Crippen LogP contribution in [0.3, 0.4) is 0 Å². The van der Waals surface area contributed by atoms with E-state index in [0.29, 0.717) is 17.7 Å². The number of amides is 2. The van der Waals surface area contributed by atoms with Gasteiger partial charge in [-0.3, -0.25) is 9.59 Å². The highest BCUT2D eigenvalue weighted by Gasteiger charge is 2.20. The highest BCUT2D eigenvalue weighted by atomic mass is 32.2. The second-order valence-corrected chi connectivity index (χ2v) is 9.09. The highest BCUT2D eigenvalue weighted by Crippen LogP contribution is 2.30. The maximum atomic E-state index is 13.0. The molecule has 0 aliphatic heterocycles. The molecule has 0 fully saturated rings. The Balaban J connectivity index is 1.69. The summed E-state index contributed by atoms with van der Waals surface area (Å²) >= 11 is 1.51. The third-order valence-electron chi connectivity index (χ3n) is 5.34. The van der Waals surface area contributed by atoms with Gasteiger partial charge in [-0.05, 0) is 68.1 Å². The van der Waals surface area contributed by atoms with Crippen LogP contribution in [0.25, 0.3) is 0 Å². The minimum absolute atomic E-state index is 0.00408. The SMILES string of the molecule is CCc1cccc(C)c1NC(=O)C(CC)Sc1cccc(NC(=O)c2ccc(C)cc2)c1. The van der Waals surface area contributed by atoms with Crippen molar-refractivity contribution in [1.29, 1.82) is 0 Å². The number of carbonyl (C=O) groups excluding carboxylic acids is 2. The van der Waals surface area contributed by atoms with Crippen molar-refractivity contribution in [3.63, 3.8) is 0 Å². The van der Waals surface area contributed by atoms with Gasteiger partial charge in [0.25, 0.3) is 5.91 Å². The van der Waals surface area contributed by atoms with E-state index in [-0.39, 0.29) is 17.1 Å². The van der Waals surface area contributed by atoms with Crippen molar-refractivity contribution in [2.75, 3.05) is 10.6 Å². The summed E-state index contributed by atoms with van der Waals surface area (Å²) in [5.74, 6) is -0.154. The van der Waals surface area contributed by atoms with Gasteiger partial charge in [-0.15, -0.1) is 11.8 Å². The standard InChI is InChI=1S/C27H30N2O2S/c1-5-20-10-7-9-19(4)25(20)29-27(31)24(6-2)32-23-12-8-11-22(17-23)28-26(30)21-15-13-18(3)14-16-21/h7-17,24H,5-6H2,1-4H3,(H,28,30)(H,29,31). The molecule has 4 nitrogen and oxygen atoms in total. The van der Waals surface area contributed by atoms with Gasteiger partial charge in [0.2, 0.25) is 5.91 Å². The van der Waals surface area contributed by atoms with Crippen molar-refractivity contribution in [3.05, 3.63) is 89.0 Å². The molecule has 1 atom stereocenters. The number of thioether (sulfide) groups is 1. The molecular weight excluding hydrogens is 416 g/mol. The van der Waals surface area contributed by atoms with E-state index in [0.717, 1.165) is 33.7 Å². The van der Waals surface area contributed by atoms with Crippen LogP contribution in [0.4, 0.5) is 11.4 Å². The molecule has 0 saturated heterocycles. The van der Waals surface area contributed by atoms with Crippen molar-refractivity contribution in [3.8, 4) is 0 Å². The van der Waals surface area contributed by atoms with Crippen LogP contribution in [0.2, 0.25) is 0 Å². The Labute approximate surface area is 194 Å². The average molecular weight is 447 g/mol. The summed E-state index contributed by atoms with van der Waals surface area (Å²) in [6.07, 6.45) is 1.56. The molecular formula is C27H30N2O2S. The average Bonchev–Trinajstić information content (AvgIpc) is 2.79. The molecule has 5 heteroatoms. The van der Waals surface area contributed by atoms with Crippen LogP contribution in [0.15, 0.2) is 71.6 Å². The fourth-order valence-electron chi connectivity index (χ4n) is 3.45. The summed E-state index contributed by atoms with van der Waals surface area (Å²) in [6.45, 7) is 8.11. The van der Waals surface area contributed by atoms with Gasteiger partial charge >= 0.3 is 0 Å². The molecule has 3 aromatic rings. The monoisotopic (exact) mass is 446 g/mol. The summed E-state index contributed by atoms with van der Waals surface area (Å²) in [6, 6.07) is 21.2. The minimum atomic E-state index is -0.234. The fourth-order valence-corrected chi connectivity index (χ4v) is 4.46. The predicted molar refractivity (Wildman–Crippen MR) is 135 cm³/mol. The van der Waals surface area contributed by atoms with Crippen LogP contribution in [-0.4, -0.2) is 17.1 Å². The minimum Gasteiger partial charge on any atom is -0.325 e. The van der Waals surface area contributed by atoms with Gasteiger partial charge in [0.1, 0.15) is 0 Å². The van der Waals surface area contributed by atoms with Crippen molar-refractivity contribution in [1.82, 2.24) is 0 Å². The normalized spacial score (nSPS) is 11.6. The van der Waals surface area contributed by atoms with E-state index in [2.05, 4.69) is 23.6 Å². The van der Waals surface area contributed by atoms with Gasteiger partial charge in [0.15, 0.2) is 0 Å². The van der Waals surface area contributed by atoms with Gasteiger partial charge in [-0.1, -0.05) is 55.8 Å². The Morgan fingerprint density at radius 3 is 2.31 bits per heavy atom. The van der Waals surface area contributed by atoms with Crippen LogP contribution in [0, 0.1) is 13.8 Å². The first-order valence-corrected chi connectivity index (χ1v) is 11.8. The molecule has 0 radical (unpaired) electrons. The maximum Gasteiger partial charge on any atom is 0.255 e. The van der Waals surface area contributed by atoms with Crippen molar-refractivity contribution < 1.29 is 9.59 Å². The van der Waals surface area contributed by atoms with Gasteiger partial charge in [0, 0.05) is 21.8 Å². The first-order chi connectivity index (χ1) is 15.4. The molecule has 32 heavy (non-hydrogen) atoms. The topological polar surface area (TPSA) is 58.2 Å². The Kier molecular flexibility index (Phi) is 8.12. The largest absolute Gasteiger partial charge is 0.325 e. The molecule has 166 valence electrons. The van der Waals surface area contributed by atoms with E-state index in [9.17, 15) is 9.59 Å². The first kappa shape index (κ1) is 23.6. The Hall–Kier alpha value is -3.05. The second-order valence-electron chi connectivity index (χ2n) is 7.81. The predicted octanol–water partition coefficient (Wildman–Crippen LogP) is 6.63. The van der Waals surface area contributed by atoms with E-state index in [1.165, 1.54) is 11.8 Å². The molecule has 0 aliphatic carbocycles. The third-order valence-corrected chi connectivity index (χ3v) is 6.69. The Bertz CT molecular complexity index is 1090. The fraction of sp³-hybridized carbons (Fsp3) is 0.259. The highest BCUT2D eigenvalue weighted by molar-refractivity contribution is 8.00. The number of para-hydroxylation sites is 1. The number of anilines is 2. The van der Waals surface area contributed by atoms with E-state index in [1.807, 2.05) is 81.4 Å². The van der Waals surface area contributed by atoms with Crippen LogP contribution >= 0.6 is 11.8 Å². The maximum absolute atomic E-state index is 13.0. The molecule has 3 rings (SSSR count). The van der Waals surface area contributed by atoms with Crippen LogP contribution in [-0.2, 0) is 11.2 Å². The van der Waals surface area contributed by atoms with Gasteiger partial charge < -0.3 is 10.6 Å². The zero-order chi connectivity index (χ0) is 23.1. The third kappa shape index (κ3) is 6.01.